The van der Waals surface area contributed by atoms with Crippen molar-refractivity contribution in [3.8, 4) is 0 Å². The summed E-state index contributed by atoms with van der Waals surface area (Å²) in [6.07, 6.45) is 2.12. The summed E-state index contributed by atoms with van der Waals surface area (Å²) in [5.41, 5.74) is 3.91. The zero-order valence-electron chi connectivity index (χ0n) is 13.6. The number of rotatable bonds is 6. The first-order valence-corrected chi connectivity index (χ1v) is 9.88. The van der Waals surface area contributed by atoms with Gasteiger partial charge in [0, 0.05) is 9.98 Å². The highest BCUT2D eigenvalue weighted by molar-refractivity contribution is 9.10. The smallest absolute Gasteiger partial charge is 0.0451 e. The number of hydrogen-bond donors (Lipinski definition) is 0. The lowest BCUT2D eigenvalue weighted by Crippen LogP contribution is -2.30. The van der Waals surface area contributed by atoms with E-state index in [-0.39, 0.29) is 5.41 Å². The Labute approximate surface area is 155 Å². The van der Waals surface area contributed by atoms with Crippen LogP contribution < -0.4 is 0 Å². The van der Waals surface area contributed by atoms with E-state index < -0.39 is 0 Å². The van der Waals surface area contributed by atoms with Gasteiger partial charge >= 0.3 is 0 Å². The summed E-state index contributed by atoms with van der Waals surface area (Å²) in [5, 5.41) is 0. The molecule has 2 heteroatoms. The molecule has 0 N–H and O–H groups in total. The van der Waals surface area contributed by atoms with Gasteiger partial charge < -0.3 is 0 Å². The third-order valence-electron chi connectivity index (χ3n) is 4.59. The molecule has 3 rings (SSSR count). The Balaban J connectivity index is 2.24. The van der Waals surface area contributed by atoms with E-state index in [1.807, 2.05) is 0 Å². The summed E-state index contributed by atoms with van der Waals surface area (Å²) in [6.45, 7) is 0. The molecule has 122 valence electrons. The molecule has 0 heterocycles. The van der Waals surface area contributed by atoms with Crippen molar-refractivity contribution in [2.45, 2.75) is 22.8 Å². The predicted molar refractivity (Wildman–Crippen MR) is 111 cm³/mol. The topological polar surface area (TPSA) is 0 Å². The fourth-order valence-electron chi connectivity index (χ4n) is 3.46. The number of halogens is 1. The Kier molecular flexibility index (Phi) is 5.87. The normalized spacial score (nSPS) is 12.8. The van der Waals surface area contributed by atoms with Gasteiger partial charge in [-0.1, -0.05) is 107 Å². The highest BCUT2D eigenvalue weighted by atomic mass is 79.9. The van der Waals surface area contributed by atoms with E-state index in [2.05, 4.69) is 116 Å². The minimum absolute atomic E-state index is 0.133. The highest BCUT2D eigenvalue weighted by Gasteiger charge is 2.35. The van der Waals surface area contributed by atoms with Crippen LogP contribution in [0, 0.1) is 0 Å². The van der Waals surface area contributed by atoms with E-state index in [0.717, 1.165) is 12.8 Å². The summed E-state index contributed by atoms with van der Waals surface area (Å²) in [7, 11) is 2.87. The second-order valence-electron chi connectivity index (χ2n) is 6.06. The third kappa shape index (κ3) is 3.63. The maximum Gasteiger partial charge on any atom is 0.0451 e. The Hall–Kier alpha value is -1.43. The Morgan fingerprint density at radius 3 is 1.29 bits per heavy atom. The monoisotopic (exact) mass is 396 g/mol. The zero-order valence-corrected chi connectivity index (χ0v) is 16.3. The Bertz CT molecular complexity index is 642. The first-order chi connectivity index (χ1) is 11.7. The summed E-state index contributed by atoms with van der Waals surface area (Å²) in [6, 6.07) is 32.7. The zero-order chi connectivity index (χ0) is 16.8. The van der Waals surface area contributed by atoms with Crippen molar-refractivity contribution in [3.63, 3.8) is 0 Å². The molecule has 24 heavy (non-hydrogen) atoms. The second-order valence-corrected chi connectivity index (χ2v) is 9.01. The fraction of sp³-hybridized carbons (Fsp3) is 0.182. The molecule has 0 amide bonds. The molecule has 2 atom stereocenters. The molecule has 0 saturated heterocycles. The summed E-state index contributed by atoms with van der Waals surface area (Å²) in [4.78, 5) is 0. The molecule has 0 bridgehead atoms. The quantitative estimate of drug-likeness (QED) is 0.257. The molecule has 3 aromatic rings. The molecular weight excluding hydrogens is 375 g/mol. The van der Waals surface area contributed by atoms with Crippen LogP contribution >= 0.6 is 25.2 Å². The molecule has 0 radical (unpaired) electrons. The molecular formula is C22H22BrP. The second kappa shape index (κ2) is 8.10. The van der Waals surface area contributed by atoms with Crippen molar-refractivity contribution in [3.05, 3.63) is 108 Å². The van der Waals surface area contributed by atoms with E-state index in [0.29, 0.717) is 4.57 Å². The van der Waals surface area contributed by atoms with Crippen molar-refractivity contribution < 1.29 is 0 Å². The van der Waals surface area contributed by atoms with Gasteiger partial charge in [0.05, 0.1) is 0 Å². The molecule has 3 aromatic carbocycles. The van der Waals surface area contributed by atoms with Crippen molar-refractivity contribution >= 4 is 25.2 Å². The molecule has 0 fully saturated rings. The SMILES string of the molecule is PC(Br)CCC(c1ccccc1)(c1ccccc1)c1ccccc1. The molecule has 0 aliphatic rings. The molecule has 0 aromatic heterocycles. The largest absolute Gasteiger partial charge is 0.123 e. The molecule has 0 nitrogen and oxygen atoms in total. The van der Waals surface area contributed by atoms with Gasteiger partial charge in [0.1, 0.15) is 0 Å². The van der Waals surface area contributed by atoms with Crippen LogP contribution in [-0.4, -0.2) is 4.57 Å². The van der Waals surface area contributed by atoms with E-state index in [1.165, 1.54) is 16.7 Å². The first-order valence-electron chi connectivity index (χ1n) is 8.30. The molecule has 0 aliphatic carbocycles. The number of benzene rings is 3. The van der Waals surface area contributed by atoms with Crippen molar-refractivity contribution in [2.24, 2.45) is 0 Å². The van der Waals surface area contributed by atoms with E-state index in [9.17, 15) is 0 Å². The Morgan fingerprint density at radius 2 is 1.00 bits per heavy atom. The third-order valence-corrected chi connectivity index (χ3v) is 5.39. The van der Waals surface area contributed by atoms with Gasteiger partial charge in [0.25, 0.3) is 0 Å². The van der Waals surface area contributed by atoms with Gasteiger partial charge in [0.2, 0.25) is 0 Å². The predicted octanol–water partition coefficient (Wildman–Crippen LogP) is 6.40. The standard InChI is InChI=1S/C22H22BrP/c23-21(24)16-17-22(18-10-4-1-5-11-18,19-12-6-2-7-13-19)20-14-8-3-9-15-20/h1-15,21H,16-17,24H2. The average molecular weight is 397 g/mol. The van der Waals surface area contributed by atoms with Crippen molar-refractivity contribution in [2.75, 3.05) is 0 Å². The maximum absolute atomic E-state index is 3.71. The summed E-state index contributed by atoms with van der Waals surface area (Å²) >= 11 is 3.71. The van der Waals surface area contributed by atoms with Gasteiger partial charge in [-0.25, -0.2) is 0 Å². The van der Waals surface area contributed by atoms with Crippen LogP contribution in [-0.2, 0) is 5.41 Å². The average Bonchev–Trinajstić information content (AvgIpc) is 2.65. The lowest BCUT2D eigenvalue weighted by atomic mass is 9.67. The van der Waals surface area contributed by atoms with Gasteiger partial charge in [-0.2, -0.15) is 0 Å². The van der Waals surface area contributed by atoms with Gasteiger partial charge in [-0.05, 0) is 29.5 Å². The van der Waals surface area contributed by atoms with Crippen LogP contribution in [0.4, 0.5) is 0 Å². The molecule has 0 saturated carbocycles. The van der Waals surface area contributed by atoms with Crippen LogP contribution in [0.15, 0.2) is 91.0 Å². The van der Waals surface area contributed by atoms with Gasteiger partial charge in [-0.15, -0.1) is 9.24 Å². The van der Waals surface area contributed by atoms with Gasteiger partial charge in [0.15, 0.2) is 0 Å². The Morgan fingerprint density at radius 1 is 0.667 bits per heavy atom. The number of hydrogen-bond acceptors (Lipinski definition) is 0. The van der Waals surface area contributed by atoms with E-state index in [1.54, 1.807) is 0 Å². The minimum Gasteiger partial charge on any atom is -0.123 e. The molecule has 2 unspecified atom stereocenters. The van der Waals surface area contributed by atoms with Gasteiger partial charge in [-0.3, -0.25) is 0 Å². The molecule has 0 aliphatic heterocycles. The molecule has 0 spiro atoms. The van der Waals surface area contributed by atoms with Crippen LogP contribution in [0.25, 0.3) is 0 Å². The lowest BCUT2D eigenvalue weighted by molar-refractivity contribution is 0.548. The summed E-state index contributed by atoms with van der Waals surface area (Å²) in [5.74, 6) is 0. The fourth-order valence-corrected chi connectivity index (χ4v) is 3.85. The van der Waals surface area contributed by atoms with E-state index in [4.69, 9.17) is 0 Å². The van der Waals surface area contributed by atoms with E-state index >= 15 is 0 Å². The first kappa shape index (κ1) is 17.4. The van der Waals surface area contributed by atoms with Crippen LogP contribution in [0.5, 0.6) is 0 Å². The highest BCUT2D eigenvalue weighted by Crippen LogP contribution is 2.44. The maximum atomic E-state index is 3.71. The van der Waals surface area contributed by atoms with Crippen LogP contribution in [0.1, 0.15) is 29.5 Å². The van der Waals surface area contributed by atoms with Crippen molar-refractivity contribution in [1.29, 1.82) is 0 Å². The number of alkyl halides is 1. The van der Waals surface area contributed by atoms with Crippen LogP contribution in [0.2, 0.25) is 0 Å². The summed E-state index contributed by atoms with van der Waals surface area (Å²) < 4.78 is 0.410. The lowest BCUT2D eigenvalue weighted by Gasteiger charge is -2.36. The minimum atomic E-state index is -0.133. The van der Waals surface area contributed by atoms with Crippen LogP contribution in [0.3, 0.4) is 0 Å². The van der Waals surface area contributed by atoms with Crippen molar-refractivity contribution in [1.82, 2.24) is 0 Å².